The summed E-state index contributed by atoms with van der Waals surface area (Å²) in [7, 11) is 0. The lowest BCUT2D eigenvalue weighted by Gasteiger charge is -2.23. The second-order valence-electron chi connectivity index (χ2n) is 6.55. The molecule has 3 nitrogen and oxygen atoms in total. The van der Waals surface area contributed by atoms with Crippen LogP contribution >= 0.6 is 0 Å². The summed E-state index contributed by atoms with van der Waals surface area (Å²) in [4.78, 5) is 13.2. The molecule has 2 aromatic carbocycles. The zero-order chi connectivity index (χ0) is 16.5. The van der Waals surface area contributed by atoms with Gasteiger partial charge in [-0.25, -0.2) is 0 Å². The summed E-state index contributed by atoms with van der Waals surface area (Å²) in [6.45, 7) is 0. The fraction of sp³-hybridized carbons (Fsp3) is 0.286. The van der Waals surface area contributed by atoms with Crippen molar-refractivity contribution in [3.8, 4) is 16.9 Å². The van der Waals surface area contributed by atoms with Crippen molar-refractivity contribution in [1.82, 2.24) is 0 Å². The topological polar surface area (TPSA) is 50.4 Å². The first kappa shape index (κ1) is 15.0. The summed E-state index contributed by atoms with van der Waals surface area (Å²) < 4.78 is 6.19. The number of hydrogen-bond donors (Lipinski definition) is 1. The summed E-state index contributed by atoms with van der Waals surface area (Å²) in [6.07, 6.45) is 5.68. The number of rotatable bonds is 2. The normalized spacial score (nSPS) is 15.7. The van der Waals surface area contributed by atoms with Gasteiger partial charge in [-0.15, -0.1) is 0 Å². The van der Waals surface area contributed by atoms with Gasteiger partial charge in [-0.05, 0) is 30.5 Å². The molecule has 1 fully saturated rings. The Labute approximate surface area is 140 Å². The lowest BCUT2D eigenvalue weighted by Crippen LogP contribution is -2.14. The highest BCUT2D eigenvalue weighted by molar-refractivity contribution is 5.84. The highest BCUT2D eigenvalue weighted by atomic mass is 16.3. The van der Waals surface area contributed by atoms with Gasteiger partial charge in [-0.3, -0.25) is 4.79 Å². The number of phenols is 1. The van der Waals surface area contributed by atoms with Crippen molar-refractivity contribution in [1.29, 1.82) is 0 Å². The fourth-order valence-electron chi connectivity index (χ4n) is 3.73. The molecule has 0 spiro atoms. The van der Waals surface area contributed by atoms with Crippen LogP contribution in [0.5, 0.6) is 5.75 Å². The van der Waals surface area contributed by atoms with Gasteiger partial charge in [0.2, 0.25) is 5.43 Å². The van der Waals surface area contributed by atoms with E-state index in [2.05, 4.69) is 0 Å². The Morgan fingerprint density at radius 1 is 0.958 bits per heavy atom. The molecule has 1 aliphatic carbocycles. The van der Waals surface area contributed by atoms with E-state index in [0.717, 1.165) is 24.2 Å². The zero-order valence-corrected chi connectivity index (χ0v) is 13.5. The Morgan fingerprint density at radius 3 is 2.46 bits per heavy atom. The zero-order valence-electron chi connectivity index (χ0n) is 13.5. The van der Waals surface area contributed by atoms with Crippen LogP contribution < -0.4 is 5.43 Å². The Kier molecular flexibility index (Phi) is 3.85. The average Bonchev–Trinajstić information content (AvgIpc) is 2.63. The van der Waals surface area contributed by atoms with Gasteiger partial charge in [0, 0.05) is 12.0 Å². The van der Waals surface area contributed by atoms with E-state index in [0.29, 0.717) is 16.5 Å². The quantitative estimate of drug-likeness (QED) is 0.705. The maximum absolute atomic E-state index is 13.2. The van der Waals surface area contributed by atoms with Crippen LogP contribution in [-0.2, 0) is 0 Å². The van der Waals surface area contributed by atoms with Gasteiger partial charge < -0.3 is 9.52 Å². The summed E-state index contributed by atoms with van der Waals surface area (Å²) in [5.74, 6) is 1.17. The number of phenolic OH excluding ortho intramolecular Hbond substituents is 1. The minimum atomic E-state index is -0.0111. The van der Waals surface area contributed by atoms with Crippen LogP contribution in [-0.4, -0.2) is 5.11 Å². The van der Waals surface area contributed by atoms with Gasteiger partial charge >= 0.3 is 0 Å². The molecular formula is C21H20O3. The molecule has 4 rings (SSSR count). The number of fused-ring (bicyclic) bond motifs is 1. The second kappa shape index (κ2) is 6.16. The molecule has 3 heteroatoms. The van der Waals surface area contributed by atoms with Gasteiger partial charge in [-0.2, -0.15) is 0 Å². The van der Waals surface area contributed by atoms with Crippen LogP contribution in [0.1, 0.15) is 43.8 Å². The van der Waals surface area contributed by atoms with Gasteiger partial charge in [0.05, 0.1) is 10.9 Å². The Balaban J connectivity index is 2.01. The molecule has 0 saturated heterocycles. The van der Waals surface area contributed by atoms with E-state index in [1.54, 1.807) is 6.07 Å². The molecule has 1 aliphatic rings. The van der Waals surface area contributed by atoms with Gasteiger partial charge in [0.15, 0.2) is 0 Å². The van der Waals surface area contributed by atoms with Crippen molar-refractivity contribution in [2.75, 3.05) is 0 Å². The van der Waals surface area contributed by atoms with Crippen molar-refractivity contribution in [2.45, 2.75) is 38.0 Å². The fourth-order valence-corrected chi connectivity index (χ4v) is 3.73. The van der Waals surface area contributed by atoms with Crippen LogP contribution in [0.4, 0.5) is 0 Å². The van der Waals surface area contributed by atoms with Crippen molar-refractivity contribution in [3.05, 3.63) is 64.5 Å². The van der Waals surface area contributed by atoms with E-state index in [1.165, 1.54) is 31.4 Å². The molecule has 1 saturated carbocycles. The SMILES string of the molecule is O=c1c(-c2ccccc2)c(C2CCCCC2)oc2cc(O)ccc12. The Morgan fingerprint density at radius 2 is 1.71 bits per heavy atom. The molecular weight excluding hydrogens is 300 g/mol. The van der Waals surface area contributed by atoms with E-state index < -0.39 is 0 Å². The summed E-state index contributed by atoms with van der Waals surface area (Å²) in [5.41, 5.74) is 2.05. The molecule has 1 N–H and O–H groups in total. The van der Waals surface area contributed by atoms with E-state index in [4.69, 9.17) is 4.42 Å². The molecule has 0 bridgehead atoms. The first-order chi connectivity index (χ1) is 11.7. The third-order valence-corrected chi connectivity index (χ3v) is 4.94. The lowest BCUT2D eigenvalue weighted by atomic mass is 9.84. The third kappa shape index (κ3) is 2.60. The molecule has 0 atom stereocenters. The van der Waals surface area contributed by atoms with Gasteiger partial charge in [0.1, 0.15) is 17.1 Å². The van der Waals surface area contributed by atoms with E-state index in [-0.39, 0.29) is 17.1 Å². The largest absolute Gasteiger partial charge is 0.508 e. The Hall–Kier alpha value is -2.55. The highest BCUT2D eigenvalue weighted by Crippen LogP contribution is 2.38. The van der Waals surface area contributed by atoms with Crippen LogP contribution in [0.2, 0.25) is 0 Å². The maximum atomic E-state index is 13.2. The predicted octanol–water partition coefficient (Wildman–Crippen LogP) is 5.21. The van der Waals surface area contributed by atoms with Crippen molar-refractivity contribution >= 4 is 11.0 Å². The average molecular weight is 320 g/mol. The number of benzene rings is 2. The van der Waals surface area contributed by atoms with Crippen LogP contribution in [0.15, 0.2) is 57.7 Å². The van der Waals surface area contributed by atoms with Crippen LogP contribution in [0.25, 0.3) is 22.1 Å². The molecule has 122 valence electrons. The van der Waals surface area contributed by atoms with Gasteiger partial charge in [0.25, 0.3) is 0 Å². The van der Waals surface area contributed by atoms with Crippen molar-refractivity contribution in [2.24, 2.45) is 0 Å². The van der Waals surface area contributed by atoms with Crippen molar-refractivity contribution in [3.63, 3.8) is 0 Å². The van der Waals surface area contributed by atoms with E-state index in [1.807, 2.05) is 30.3 Å². The van der Waals surface area contributed by atoms with Crippen LogP contribution in [0, 0.1) is 0 Å². The highest BCUT2D eigenvalue weighted by Gasteiger charge is 2.25. The minimum absolute atomic E-state index is 0.0111. The smallest absolute Gasteiger partial charge is 0.200 e. The molecule has 24 heavy (non-hydrogen) atoms. The van der Waals surface area contributed by atoms with E-state index in [9.17, 15) is 9.90 Å². The predicted molar refractivity (Wildman–Crippen MR) is 95.4 cm³/mol. The third-order valence-electron chi connectivity index (χ3n) is 4.94. The number of hydrogen-bond acceptors (Lipinski definition) is 3. The van der Waals surface area contributed by atoms with Crippen molar-refractivity contribution < 1.29 is 9.52 Å². The maximum Gasteiger partial charge on any atom is 0.200 e. The summed E-state index contributed by atoms with van der Waals surface area (Å²) in [6, 6.07) is 14.5. The van der Waals surface area contributed by atoms with E-state index >= 15 is 0 Å². The van der Waals surface area contributed by atoms with Crippen LogP contribution in [0.3, 0.4) is 0 Å². The molecule has 0 radical (unpaired) electrons. The second-order valence-corrected chi connectivity index (χ2v) is 6.55. The summed E-state index contributed by atoms with van der Waals surface area (Å²) in [5, 5.41) is 10.3. The first-order valence-electron chi connectivity index (χ1n) is 8.59. The molecule has 1 heterocycles. The summed E-state index contributed by atoms with van der Waals surface area (Å²) >= 11 is 0. The standard InChI is InChI=1S/C21H20O3/c22-16-11-12-17-18(13-16)24-21(15-9-5-2-6-10-15)19(20(17)23)14-7-3-1-4-8-14/h1,3-4,7-8,11-13,15,22H,2,5-6,9-10H2. The van der Waals surface area contributed by atoms with Gasteiger partial charge in [-0.1, -0.05) is 49.6 Å². The Bertz CT molecular complexity index is 919. The molecule has 3 aromatic rings. The molecule has 0 unspecified atom stereocenters. The molecule has 1 aromatic heterocycles. The monoisotopic (exact) mass is 320 g/mol. The number of aromatic hydroxyl groups is 1. The molecule has 0 amide bonds. The molecule has 0 aliphatic heterocycles. The lowest BCUT2D eigenvalue weighted by molar-refractivity contribution is 0.381. The minimum Gasteiger partial charge on any atom is -0.508 e. The first-order valence-corrected chi connectivity index (χ1v) is 8.59.